The van der Waals surface area contributed by atoms with Gasteiger partial charge in [0.15, 0.2) is 0 Å². The van der Waals surface area contributed by atoms with Gasteiger partial charge in [-0.15, -0.1) is 24.8 Å². The summed E-state index contributed by atoms with van der Waals surface area (Å²) in [5.41, 5.74) is 1.01. The third-order valence-corrected chi connectivity index (χ3v) is 5.82. The number of hydrogen-bond acceptors (Lipinski definition) is 4. The van der Waals surface area contributed by atoms with E-state index in [0.717, 1.165) is 30.4 Å². The van der Waals surface area contributed by atoms with Crippen LogP contribution in [-0.4, -0.2) is 50.3 Å². The van der Waals surface area contributed by atoms with Crippen molar-refractivity contribution in [3.8, 4) is 0 Å². The largest absolute Gasteiger partial charge is 0.445 e. The van der Waals surface area contributed by atoms with Crippen molar-refractivity contribution in [1.82, 2.24) is 15.5 Å². The molecule has 0 atom stereocenters. The van der Waals surface area contributed by atoms with Gasteiger partial charge >= 0.3 is 6.09 Å². The van der Waals surface area contributed by atoms with Crippen LogP contribution in [0.5, 0.6) is 0 Å². The van der Waals surface area contributed by atoms with Crippen molar-refractivity contribution in [3.05, 3.63) is 35.9 Å². The molecule has 0 aliphatic carbocycles. The summed E-state index contributed by atoms with van der Waals surface area (Å²) in [6.45, 7) is 6.92. The quantitative estimate of drug-likeness (QED) is 0.643. The van der Waals surface area contributed by atoms with Crippen molar-refractivity contribution < 1.29 is 9.53 Å². The minimum atomic E-state index is -0.321. The minimum Gasteiger partial charge on any atom is -0.445 e. The molecular weight excluding hydrogens is 397 g/mol. The predicted octanol–water partition coefficient (Wildman–Crippen LogP) is 3.86. The first kappa shape index (κ1) is 25.0. The molecule has 3 rings (SSSR count). The van der Waals surface area contributed by atoms with Crippen molar-refractivity contribution in [2.45, 2.75) is 38.7 Å². The Morgan fingerprint density at radius 3 is 2.36 bits per heavy atom. The maximum Gasteiger partial charge on any atom is 0.407 e. The second kappa shape index (κ2) is 14.0. The average molecular weight is 432 g/mol. The van der Waals surface area contributed by atoms with Gasteiger partial charge in [0.1, 0.15) is 6.61 Å². The zero-order valence-electron chi connectivity index (χ0n) is 16.6. The summed E-state index contributed by atoms with van der Waals surface area (Å²) in [5, 5.41) is 6.33. The molecule has 7 heteroatoms. The number of likely N-dealkylation sites (tertiary alicyclic amines) is 1. The second-order valence-corrected chi connectivity index (χ2v) is 7.61. The van der Waals surface area contributed by atoms with Crippen LogP contribution in [0, 0.1) is 11.8 Å². The molecule has 160 valence electrons. The van der Waals surface area contributed by atoms with Crippen LogP contribution in [0.15, 0.2) is 30.3 Å². The van der Waals surface area contributed by atoms with Crippen molar-refractivity contribution in [2.24, 2.45) is 11.8 Å². The number of carbonyl (C=O) groups is 1. The fourth-order valence-corrected chi connectivity index (χ4v) is 4.23. The highest BCUT2D eigenvalue weighted by atomic mass is 35.5. The molecule has 2 heterocycles. The van der Waals surface area contributed by atoms with E-state index >= 15 is 0 Å². The molecule has 1 amide bonds. The molecule has 2 aliphatic rings. The van der Waals surface area contributed by atoms with Crippen LogP contribution in [0.4, 0.5) is 4.79 Å². The molecule has 28 heavy (non-hydrogen) atoms. The number of nitrogens with zero attached hydrogens (tertiary/aromatic N) is 1. The highest BCUT2D eigenvalue weighted by Crippen LogP contribution is 2.30. The van der Waals surface area contributed by atoms with Crippen LogP contribution in [0.1, 0.15) is 37.7 Å². The summed E-state index contributed by atoms with van der Waals surface area (Å²) in [6.07, 6.45) is 6.07. The Morgan fingerprint density at radius 2 is 1.68 bits per heavy atom. The van der Waals surface area contributed by atoms with Crippen LogP contribution < -0.4 is 10.6 Å². The van der Waals surface area contributed by atoms with Gasteiger partial charge in [0.2, 0.25) is 0 Å². The molecule has 2 N–H and O–H groups in total. The van der Waals surface area contributed by atoms with Gasteiger partial charge in [0, 0.05) is 6.54 Å². The predicted molar refractivity (Wildman–Crippen MR) is 119 cm³/mol. The number of amides is 1. The maximum absolute atomic E-state index is 11.7. The Bertz CT molecular complexity index is 534. The molecule has 2 fully saturated rings. The van der Waals surface area contributed by atoms with E-state index in [9.17, 15) is 4.79 Å². The van der Waals surface area contributed by atoms with E-state index in [1.165, 1.54) is 51.9 Å². The number of piperidine rings is 2. The summed E-state index contributed by atoms with van der Waals surface area (Å²) in [5.74, 6) is 1.87. The fraction of sp³-hybridized carbons (Fsp3) is 0.667. The number of hydrogen-bond donors (Lipinski definition) is 2. The maximum atomic E-state index is 11.7. The van der Waals surface area contributed by atoms with Crippen molar-refractivity contribution in [2.75, 3.05) is 39.3 Å². The van der Waals surface area contributed by atoms with Gasteiger partial charge in [-0.25, -0.2) is 4.79 Å². The summed E-state index contributed by atoms with van der Waals surface area (Å²) >= 11 is 0. The van der Waals surface area contributed by atoms with E-state index in [2.05, 4.69) is 15.5 Å². The van der Waals surface area contributed by atoms with Crippen molar-refractivity contribution >= 4 is 30.9 Å². The lowest BCUT2D eigenvalue weighted by atomic mass is 9.79. The molecule has 0 bridgehead atoms. The Kier molecular flexibility index (Phi) is 12.6. The van der Waals surface area contributed by atoms with E-state index < -0.39 is 0 Å². The first-order valence-corrected chi connectivity index (χ1v) is 10.2. The molecule has 0 saturated carbocycles. The first-order chi connectivity index (χ1) is 12.8. The molecule has 0 unspecified atom stereocenters. The molecule has 1 aromatic carbocycles. The van der Waals surface area contributed by atoms with Crippen molar-refractivity contribution in [1.29, 1.82) is 0 Å². The smallest absolute Gasteiger partial charge is 0.407 e. The Morgan fingerprint density at radius 1 is 1.04 bits per heavy atom. The summed E-state index contributed by atoms with van der Waals surface area (Å²) in [6, 6.07) is 9.77. The Balaban J connectivity index is 0.00000196. The molecule has 0 radical (unpaired) electrons. The number of alkyl carbamates (subject to hydrolysis) is 1. The number of halogens is 2. The third kappa shape index (κ3) is 8.56. The van der Waals surface area contributed by atoms with Gasteiger partial charge in [0.25, 0.3) is 0 Å². The summed E-state index contributed by atoms with van der Waals surface area (Å²) in [4.78, 5) is 14.3. The molecule has 0 spiro atoms. The minimum absolute atomic E-state index is 0. The fourth-order valence-electron chi connectivity index (χ4n) is 4.23. The van der Waals surface area contributed by atoms with E-state index in [-0.39, 0.29) is 30.9 Å². The lowest BCUT2D eigenvalue weighted by molar-refractivity contribution is 0.126. The van der Waals surface area contributed by atoms with Crippen LogP contribution in [0.2, 0.25) is 0 Å². The number of rotatable bonds is 7. The molecule has 2 saturated heterocycles. The SMILES string of the molecule is Cl.Cl.O=C(NCCCN1CCC(C2CCNCC2)CC1)OCc1ccccc1. The topological polar surface area (TPSA) is 53.6 Å². The standard InChI is InChI=1S/C21H33N3O2.2ClH/c25-21(26-17-18-5-2-1-3-6-18)23-11-4-14-24-15-9-20(10-16-24)19-7-12-22-13-8-19;;/h1-3,5-6,19-20,22H,4,7-17H2,(H,23,25);2*1H. The Hall–Kier alpha value is -1.01. The van der Waals surface area contributed by atoms with E-state index in [1.54, 1.807) is 0 Å². The second-order valence-electron chi connectivity index (χ2n) is 7.61. The van der Waals surface area contributed by atoms with Gasteiger partial charge < -0.3 is 20.3 Å². The number of carbonyl (C=O) groups excluding carboxylic acids is 1. The van der Waals surface area contributed by atoms with Crippen LogP contribution in [0.3, 0.4) is 0 Å². The zero-order valence-corrected chi connectivity index (χ0v) is 18.2. The monoisotopic (exact) mass is 431 g/mol. The normalized spacial score (nSPS) is 18.6. The number of benzene rings is 1. The average Bonchev–Trinajstić information content (AvgIpc) is 2.71. The third-order valence-electron chi connectivity index (χ3n) is 5.82. The molecule has 0 aromatic heterocycles. The van der Waals surface area contributed by atoms with Gasteiger partial charge in [-0.2, -0.15) is 0 Å². The van der Waals surface area contributed by atoms with Crippen LogP contribution >= 0.6 is 24.8 Å². The van der Waals surface area contributed by atoms with Gasteiger partial charge in [-0.1, -0.05) is 30.3 Å². The lowest BCUT2D eigenvalue weighted by Crippen LogP contribution is -2.40. The first-order valence-electron chi connectivity index (χ1n) is 10.2. The molecule has 1 aromatic rings. The van der Waals surface area contributed by atoms with Gasteiger partial charge in [0.05, 0.1) is 0 Å². The highest BCUT2D eigenvalue weighted by Gasteiger charge is 2.27. The van der Waals surface area contributed by atoms with Crippen molar-refractivity contribution in [3.63, 3.8) is 0 Å². The molecule has 5 nitrogen and oxygen atoms in total. The Labute approximate surface area is 181 Å². The van der Waals surface area contributed by atoms with Gasteiger partial charge in [-0.05, 0) is 82.2 Å². The zero-order chi connectivity index (χ0) is 18.0. The van der Waals surface area contributed by atoms with Gasteiger partial charge in [-0.3, -0.25) is 0 Å². The molecular formula is C21H35Cl2N3O2. The van der Waals surface area contributed by atoms with E-state index in [1.807, 2.05) is 30.3 Å². The number of ether oxygens (including phenoxy) is 1. The molecule has 2 aliphatic heterocycles. The number of nitrogens with one attached hydrogen (secondary N) is 2. The van der Waals surface area contributed by atoms with E-state index in [4.69, 9.17) is 4.74 Å². The van der Waals surface area contributed by atoms with E-state index in [0.29, 0.717) is 13.2 Å². The van der Waals surface area contributed by atoms with Crippen LogP contribution in [-0.2, 0) is 11.3 Å². The summed E-state index contributed by atoms with van der Waals surface area (Å²) in [7, 11) is 0. The van der Waals surface area contributed by atoms with Crippen LogP contribution in [0.25, 0.3) is 0 Å². The summed E-state index contributed by atoms with van der Waals surface area (Å²) < 4.78 is 5.23. The lowest BCUT2D eigenvalue weighted by Gasteiger charge is -2.37. The highest BCUT2D eigenvalue weighted by molar-refractivity contribution is 5.85.